The maximum Gasteiger partial charge on any atom is 0.347 e. The quantitative estimate of drug-likeness (QED) is 0.527. The molecule has 0 saturated carbocycles. The Morgan fingerprint density at radius 2 is 1.80 bits per heavy atom. The fourth-order valence-electron chi connectivity index (χ4n) is 2.21. The van der Waals surface area contributed by atoms with E-state index in [0.717, 1.165) is 15.0 Å². The molecular weight excluding hydrogens is 270 g/mol. The van der Waals surface area contributed by atoms with Crippen LogP contribution in [0.5, 0.6) is 0 Å². The number of fused-ring (bicyclic) bond motifs is 2. The van der Waals surface area contributed by atoms with Crippen molar-refractivity contribution in [1.29, 1.82) is 0 Å². The lowest BCUT2D eigenvalue weighted by Gasteiger charge is -1.98. The first kappa shape index (κ1) is 11.4. The van der Waals surface area contributed by atoms with E-state index in [4.69, 9.17) is 4.42 Å². The van der Waals surface area contributed by atoms with E-state index in [2.05, 4.69) is 4.98 Å². The number of hydrogen-bond acceptors (Lipinski definition) is 4. The second-order valence-electron chi connectivity index (χ2n) is 4.47. The Bertz CT molecular complexity index is 951. The molecule has 4 rings (SSSR count). The van der Waals surface area contributed by atoms with Crippen LogP contribution in [0.25, 0.3) is 31.8 Å². The van der Waals surface area contributed by atoms with E-state index in [0.29, 0.717) is 16.8 Å². The molecule has 2 aromatic heterocycles. The zero-order valence-electron chi connectivity index (χ0n) is 10.4. The molecule has 2 aromatic carbocycles. The first-order chi connectivity index (χ1) is 9.81. The summed E-state index contributed by atoms with van der Waals surface area (Å²) in [5, 5.41) is 1.64. The fourth-order valence-corrected chi connectivity index (χ4v) is 3.20. The molecule has 0 aliphatic heterocycles. The van der Waals surface area contributed by atoms with Gasteiger partial charge in [0.15, 0.2) is 0 Å². The van der Waals surface area contributed by atoms with Crippen LogP contribution in [-0.4, -0.2) is 4.98 Å². The lowest BCUT2D eigenvalue weighted by atomic mass is 10.2. The predicted octanol–water partition coefficient (Wildman–Crippen LogP) is 4.07. The summed E-state index contributed by atoms with van der Waals surface area (Å²) in [6, 6.07) is 17.3. The number of hydrogen-bond donors (Lipinski definition) is 0. The van der Waals surface area contributed by atoms with Gasteiger partial charge in [0.25, 0.3) is 0 Å². The van der Waals surface area contributed by atoms with Crippen molar-refractivity contribution in [1.82, 2.24) is 4.98 Å². The van der Waals surface area contributed by atoms with Gasteiger partial charge < -0.3 is 4.42 Å². The molecule has 3 nitrogen and oxygen atoms in total. The highest BCUT2D eigenvalue weighted by atomic mass is 32.1. The van der Waals surface area contributed by atoms with E-state index in [1.807, 2.05) is 42.5 Å². The Kier molecular flexibility index (Phi) is 2.44. The lowest BCUT2D eigenvalue weighted by Crippen LogP contribution is -2.01. The van der Waals surface area contributed by atoms with Crippen LogP contribution in [0.3, 0.4) is 0 Å². The highest BCUT2D eigenvalue weighted by Crippen LogP contribution is 2.32. The molecule has 0 N–H and O–H groups in total. The van der Waals surface area contributed by atoms with Crippen molar-refractivity contribution < 1.29 is 4.42 Å². The standard InChI is InChI=1S/C16H9NO2S/c18-16-11-6-2-3-7-12(11)17-15(19-16)14-9-10-5-1-4-8-13(10)20-14/h1-9H. The molecule has 0 saturated heterocycles. The van der Waals surface area contributed by atoms with Gasteiger partial charge in [0.05, 0.1) is 15.8 Å². The minimum atomic E-state index is -0.344. The van der Waals surface area contributed by atoms with Gasteiger partial charge in [-0.3, -0.25) is 0 Å². The van der Waals surface area contributed by atoms with Gasteiger partial charge in [-0.15, -0.1) is 11.3 Å². The van der Waals surface area contributed by atoms with Gasteiger partial charge in [0, 0.05) is 4.70 Å². The first-order valence-electron chi connectivity index (χ1n) is 6.20. The topological polar surface area (TPSA) is 43.1 Å². The van der Waals surface area contributed by atoms with Gasteiger partial charge in [-0.1, -0.05) is 30.3 Å². The van der Waals surface area contributed by atoms with Crippen LogP contribution in [0.15, 0.2) is 63.8 Å². The molecule has 0 bridgehead atoms. The van der Waals surface area contributed by atoms with Crippen LogP contribution in [0.1, 0.15) is 0 Å². The summed E-state index contributed by atoms with van der Waals surface area (Å²) in [5.74, 6) is 0.384. The Morgan fingerprint density at radius 3 is 2.70 bits per heavy atom. The summed E-state index contributed by atoms with van der Waals surface area (Å²) < 4.78 is 6.50. The number of thiophene rings is 1. The molecule has 0 amide bonds. The van der Waals surface area contributed by atoms with Crippen molar-refractivity contribution in [2.24, 2.45) is 0 Å². The van der Waals surface area contributed by atoms with Gasteiger partial charge >= 0.3 is 5.63 Å². The van der Waals surface area contributed by atoms with Gasteiger partial charge in [-0.2, -0.15) is 0 Å². The summed E-state index contributed by atoms with van der Waals surface area (Å²) in [6.45, 7) is 0. The van der Waals surface area contributed by atoms with Gasteiger partial charge in [-0.25, -0.2) is 9.78 Å². The summed E-state index contributed by atoms with van der Waals surface area (Å²) >= 11 is 1.57. The van der Waals surface area contributed by atoms with Gasteiger partial charge in [0.1, 0.15) is 0 Å². The smallest absolute Gasteiger partial charge is 0.347 e. The molecule has 0 unspecified atom stereocenters. The van der Waals surface area contributed by atoms with Crippen LogP contribution < -0.4 is 5.63 Å². The molecule has 2 heterocycles. The van der Waals surface area contributed by atoms with E-state index in [9.17, 15) is 4.79 Å². The maximum absolute atomic E-state index is 12.0. The van der Waals surface area contributed by atoms with E-state index in [1.165, 1.54) is 0 Å². The first-order valence-corrected chi connectivity index (χ1v) is 7.02. The van der Waals surface area contributed by atoms with E-state index in [1.54, 1.807) is 23.5 Å². The predicted molar refractivity (Wildman–Crippen MR) is 81.1 cm³/mol. The van der Waals surface area contributed by atoms with Crippen molar-refractivity contribution in [3.05, 3.63) is 65.0 Å². The zero-order chi connectivity index (χ0) is 13.5. The van der Waals surface area contributed by atoms with Crippen molar-refractivity contribution >= 4 is 32.3 Å². The normalized spacial score (nSPS) is 11.2. The van der Waals surface area contributed by atoms with Crippen molar-refractivity contribution in [3.8, 4) is 10.8 Å². The Morgan fingerprint density at radius 1 is 1.00 bits per heavy atom. The minimum absolute atomic E-state index is 0.344. The van der Waals surface area contributed by atoms with Crippen molar-refractivity contribution in [3.63, 3.8) is 0 Å². The number of benzene rings is 2. The van der Waals surface area contributed by atoms with Crippen molar-refractivity contribution in [2.45, 2.75) is 0 Å². The molecular formula is C16H9NO2S. The monoisotopic (exact) mass is 279 g/mol. The van der Waals surface area contributed by atoms with Gasteiger partial charge in [-0.05, 0) is 29.7 Å². The number of rotatable bonds is 1. The molecule has 0 atom stereocenters. The third kappa shape index (κ3) is 1.73. The number of aromatic nitrogens is 1. The zero-order valence-corrected chi connectivity index (χ0v) is 11.2. The third-order valence-corrected chi connectivity index (χ3v) is 4.28. The molecule has 0 radical (unpaired) electrons. The van der Waals surface area contributed by atoms with Crippen LogP contribution in [0.4, 0.5) is 0 Å². The Balaban J connectivity index is 1.99. The lowest BCUT2D eigenvalue weighted by molar-refractivity contribution is 0.520. The Labute approximate surface area is 118 Å². The number of para-hydroxylation sites is 1. The second-order valence-corrected chi connectivity index (χ2v) is 5.56. The SMILES string of the molecule is O=c1oc(-c2cc3ccccc3s2)nc2ccccc12. The van der Waals surface area contributed by atoms with E-state index < -0.39 is 0 Å². The summed E-state index contributed by atoms with van der Waals surface area (Å²) in [7, 11) is 0. The maximum atomic E-state index is 12.0. The van der Waals surface area contributed by atoms with E-state index in [-0.39, 0.29) is 5.63 Å². The molecule has 4 heteroatoms. The Hall–Kier alpha value is -2.46. The van der Waals surface area contributed by atoms with Gasteiger partial charge in [0.2, 0.25) is 5.89 Å². The highest BCUT2D eigenvalue weighted by molar-refractivity contribution is 7.22. The molecule has 0 aliphatic rings. The molecule has 0 spiro atoms. The molecule has 96 valence electrons. The van der Waals surface area contributed by atoms with Crippen LogP contribution >= 0.6 is 11.3 Å². The van der Waals surface area contributed by atoms with Crippen LogP contribution in [0.2, 0.25) is 0 Å². The molecule has 0 fully saturated rings. The summed E-state index contributed by atoms with van der Waals surface area (Å²) in [5.41, 5.74) is 0.319. The average Bonchev–Trinajstić information content (AvgIpc) is 2.91. The van der Waals surface area contributed by atoms with Crippen LogP contribution in [-0.2, 0) is 0 Å². The van der Waals surface area contributed by atoms with E-state index >= 15 is 0 Å². The molecule has 20 heavy (non-hydrogen) atoms. The summed E-state index contributed by atoms with van der Waals surface area (Å²) in [6.07, 6.45) is 0. The molecule has 4 aromatic rings. The fraction of sp³-hybridized carbons (Fsp3) is 0. The second kappa shape index (κ2) is 4.28. The number of nitrogens with zero attached hydrogens (tertiary/aromatic N) is 1. The molecule has 0 aliphatic carbocycles. The minimum Gasteiger partial charge on any atom is -0.402 e. The third-order valence-electron chi connectivity index (χ3n) is 3.17. The largest absolute Gasteiger partial charge is 0.402 e. The van der Waals surface area contributed by atoms with Crippen LogP contribution in [0, 0.1) is 0 Å². The summed E-state index contributed by atoms with van der Waals surface area (Å²) in [4.78, 5) is 17.3. The van der Waals surface area contributed by atoms with Crippen molar-refractivity contribution in [2.75, 3.05) is 0 Å². The highest BCUT2D eigenvalue weighted by Gasteiger charge is 2.11. The average molecular weight is 279 g/mol.